The lowest BCUT2D eigenvalue weighted by molar-refractivity contribution is -0.144. The number of methoxy groups -OCH3 is 1. The van der Waals surface area contributed by atoms with Gasteiger partial charge in [-0.05, 0) is 70.0 Å². The van der Waals surface area contributed by atoms with E-state index in [-0.39, 0.29) is 30.7 Å². The van der Waals surface area contributed by atoms with Crippen LogP contribution in [0.25, 0.3) is 0 Å². The van der Waals surface area contributed by atoms with Crippen LogP contribution in [0.2, 0.25) is 0 Å². The van der Waals surface area contributed by atoms with Gasteiger partial charge in [0, 0.05) is 16.8 Å². The van der Waals surface area contributed by atoms with E-state index in [1.54, 1.807) is 43.5 Å². The van der Waals surface area contributed by atoms with Crippen molar-refractivity contribution in [1.82, 2.24) is 4.98 Å². The number of hydrogen-bond acceptors (Lipinski definition) is 8. The zero-order valence-electron chi connectivity index (χ0n) is 18.0. The number of rotatable bonds is 9. The minimum absolute atomic E-state index is 0.0898. The molecule has 0 saturated heterocycles. The molecule has 2 aromatic heterocycles. The van der Waals surface area contributed by atoms with Gasteiger partial charge in [-0.1, -0.05) is 12.1 Å². The Labute approximate surface area is 208 Å². The van der Waals surface area contributed by atoms with Crippen LogP contribution >= 0.6 is 27.3 Å². The third-order valence-electron chi connectivity index (χ3n) is 4.63. The van der Waals surface area contributed by atoms with Crippen molar-refractivity contribution in [2.75, 3.05) is 17.7 Å². The molecule has 2 N–H and O–H groups in total. The van der Waals surface area contributed by atoms with Crippen molar-refractivity contribution in [2.45, 2.75) is 13.0 Å². The first kappa shape index (κ1) is 23.5. The molecule has 2 aromatic carbocycles. The molecule has 1 amide bonds. The van der Waals surface area contributed by atoms with Crippen LogP contribution in [0.3, 0.4) is 0 Å². The molecule has 4 rings (SSSR count). The molecule has 0 aliphatic rings. The van der Waals surface area contributed by atoms with Crippen molar-refractivity contribution in [2.24, 2.45) is 0 Å². The van der Waals surface area contributed by atoms with Crippen LogP contribution < -0.4 is 15.4 Å². The fraction of sp³-hybridized carbons (Fsp3) is 0.125. The van der Waals surface area contributed by atoms with Crippen LogP contribution in [-0.2, 0) is 22.6 Å². The molecule has 0 saturated carbocycles. The van der Waals surface area contributed by atoms with Gasteiger partial charge < -0.3 is 24.5 Å². The normalized spacial score (nSPS) is 10.5. The molecule has 2 heterocycles. The molecular weight excluding hydrogens is 522 g/mol. The number of carbonyl (C=O) groups excluding carboxylic acids is 2. The SMILES string of the molecule is COc1ccc(Nc2nc(COC(=O)Cc3ccc(NC(=O)c4ccc(Br)o4)cc3)cs2)cc1. The standard InChI is InChI=1S/C24H20BrN3O5S/c1-31-19-8-6-17(7-9-19)27-24-28-18(14-34-24)13-32-22(29)12-15-2-4-16(5-3-15)26-23(30)20-10-11-21(25)33-20/h2-11,14H,12-13H2,1H3,(H,26,30)(H,27,28). The van der Waals surface area contributed by atoms with E-state index in [1.807, 2.05) is 29.6 Å². The molecule has 0 bridgehead atoms. The molecule has 0 fully saturated rings. The summed E-state index contributed by atoms with van der Waals surface area (Å²) in [5.41, 5.74) is 2.91. The fourth-order valence-corrected chi connectivity index (χ4v) is 3.96. The highest BCUT2D eigenvalue weighted by Gasteiger charge is 2.12. The van der Waals surface area contributed by atoms with E-state index < -0.39 is 0 Å². The van der Waals surface area contributed by atoms with Crippen molar-refractivity contribution in [3.8, 4) is 5.75 Å². The second-order valence-corrected chi connectivity index (χ2v) is 8.73. The minimum Gasteiger partial charge on any atom is -0.497 e. The predicted octanol–water partition coefficient (Wildman–Crippen LogP) is 5.79. The largest absolute Gasteiger partial charge is 0.497 e. The highest BCUT2D eigenvalue weighted by atomic mass is 79.9. The quantitative estimate of drug-likeness (QED) is 0.258. The molecule has 10 heteroatoms. The number of nitrogens with zero attached hydrogens (tertiary/aromatic N) is 1. The van der Waals surface area contributed by atoms with E-state index in [2.05, 4.69) is 31.5 Å². The van der Waals surface area contributed by atoms with E-state index in [9.17, 15) is 9.59 Å². The zero-order valence-corrected chi connectivity index (χ0v) is 20.4. The van der Waals surface area contributed by atoms with Crippen LogP contribution in [0.4, 0.5) is 16.5 Å². The lowest BCUT2D eigenvalue weighted by atomic mass is 10.1. The molecule has 0 aliphatic heterocycles. The number of esters is 1. The van der Waals surface area contributed by atoms with Gasteiger partial charge >= 0.3 is 5.97 Å². The summed E-state index contributed by atoms with van der Waals surface area (Å²) in [4.78, 5) is 28.8. The third kappa shape index (κ3) is 6.46. The lowest BCUT2D eigenvalue weighted by Gasteiger charge is -2.06. The molecule has 34 heavy (non-hydrogen) atoms. The summed E-state index contributed by atoms with van der Waals surface area (Å²) >= 11 is 4.59. The summed E-state index contributed by atoms with van der Waals surface area (Å²) in [6.07, 6.45) is 0.112. The van der Waals surface area contributed by atoms with Gasteiger partial charge in [0.2, 0.25) is 0 Å². The molecule has 0 spiro atoms. The van der Waals surface area contributed by atoms with E-state index in [1.165, 1.54) is 11.3 Å². The Bertz CT molecular complexity index is 1270. The molecule has 174 valence electrons. The summed E-state index contributed by atoms with van der Waals surface area (Å²) in [5, 5.41) is 8.49. The number of thiazole rings is 1. The first-order valence-corrected chi connectivity index (χ1v) is 11.8. The summed E-state index contributed by atoms with van der Waals surface area (Å²) < 4.78 is 16.2. The van der Waals surface area contributed by atoms with E-state index in [4.69, 9.17) is 13.9 Å². The first-order chi connectivity index (χ1) is 16.5. The van der Waals surface area contributed by atoms with Gasteiger partial charge in [-0.3, -0.25) is 9.59 Å². The number of benzene rings is 2. The van der Waals surface area contributed by atoms with Crippen molar-refractivity contribution >= 4 is 55.6 Å². The van der Waals surface area contributed by atoms with Crippen molar-refractivity contribution in [1.29, 1.82) is 0 Å². The van der Waals surface area contributed by atoms with E-state index >= 15 is 0 Å². The first-order valence-electron chi connectivity index (χ1n) is 10.2. The van der Waals surface area contributed by atoms with Crippen LogP contribution in [-0.4, -0.2) is 24.0 Å². The molecule has 0 radical (unpaired) electrons. The Morgan fingerprint density at radius 3 is 2.44 bits per heavy atom. The number of nitrogens with one attached hydrogen (secondary N) is 2. The number of furan rings is 1. The average Bonchev–Trinajstić information content (AvgIpc) is 3.48. The molecule has 0 aliphatic carbocycles. The molecule has 0 atom stereocenters. The smallest absolute Gasteiger partial charge is 0.310 e. The van der Waals surface area contributed by atoms with Crippen LogP contribution in [0.15, 0.2) is 75.1 Å². The van der Waals surface area contributed by atoms with Crippen molar-refractivity contribution < 1.29 is 23.5 Å². The van der Waals surface area contributed by atoms with Gasteiger partial charge in [-0.15, -0.1) is 11.3 Å². The van der Waals surface area contributed by atoms with E-state index in [0.29, 0.717) is 21.2 Å². The summed E-state index contributed by atoms with van der Waals surface area (Å²) in [5.74, 6) is 0.250. The van der Waals surface area contributed by atoms with Gasteiger partial charge in [0.1, 0.15) is 12.4 Å². The predicted molar refractivity (Wildman–Crippen MR) is 133 cm³/mol. The molecular formula is C24H20BrN3O5S. The summed E-state index contributed by atoms with van der Waals surface area (Å²) in [6, 6.07) is 17.7. The number of aromatic nitrogens is 1. The maximum absolute atomic E-state index is 12.2. The highest BCUT2D eigenvalue weighted by Crippen LogP contribution is 2.23. The number of anilines is 3. The second-order valence-electron chi connectivity index (χ2n) is 7.09. The average molecular weight is 542 g/mol. The van der Waals surface area contributed by atoms with Gasteiger partial charge in [0.25, 0.3) is 5.91 Å². The van der Waals surface area contributed by atoms with Crippen LogP contribution in [0.1, 0.15) is 21.8 Å². The molecule has 4 aromatic rings. The highest BCUT2D eigenvalue weighted by molar-refractivity contribution is 9.10. The van der Waals surface area contributed by atoms with Gasteiger partial charge in [0.15, 0.2) is 15.6 Å². The number of amides is 1. The monoisotopic (exact) mass is 541 g/mol. The Kier molecular flexibility index (Phi) is 7.61. The zero-order chi connectivity index (χ0) is 23.9. The van der Waals surface area contributed by atoms with Crippen LogP contribution in [0.5, 0.6) is 5.75 Å². The van der Waals surface area contributed by atoms with E-state index in [0.717, 1.165) is 17.0 Å². The third-order valence-corrected chi connectivity index (χ3v) is 5.86. The van der Waals surface area contributed by atoms with Crippen molar-refractivity contribution in [3.05, 3.63) is 87.7 Å². The Hall–Kier alpha value is -3.63. The molecule has 0 unspecified atom stereocenters. The Balaban J connectivity index is 1.23. The Morgan fingerprint density at radius 1 is 1.03 bits per heavy atom. The Morgan fingerprint density at radius 2 is 1.76 bits per heavy atom. The fourth-order valence-electron chi connectivity index (χ4n) is 2.94. The van der Waals surface area contributed by atoms with Crippen LogP contribution in [0, 0.1) is 0 Å². The van der Waals surface area contributed by atoms with Crippen molar-refractivity contribution in [3.63, 3.8) is 0 Å². The second kappa shape index (κ2) is 11.0. The topological polar surface area (TPSA) is 103 Å². The van der Waals surface area contributed by atoms with Gasteiger partial charge in [-0.2, -0.15) is 0 Å². The van der Waals surface area contributed by atoms with Gasteiger partial charge in [0.05, 0.1) is 19.2 Å². The lowest BCUT2D eigenvalue weighted by Crippen LogP contribution is -2.11. The number of halogens is 1. The number of hydrogen-bond donors (Lipinski definition) is 2. The maximum atomic E-state index is 12.2. The minimum atomic E-state index is -0.366. The summed E-state index contributed by atoms with van der Waals surface area (Å²) in [6.45, 7) is 0.0898. The number of carbonyl (C=O) groups is 2. The van der Waals surface area contributed by atoms with Gasteiger partial charge in [-0.25, -0.2) is 4.98 Å². The molecule has 8 nitrogen and oxygen atoms in total. The summed E-state index contributed by atoms with van der Waals surface area (Å²) in [7, 11) is 1.62. The number of ether oxygens (including phenoxy) is 2. The maximum Gasteiger partial charge on any atom is 0.310 e.